The molecule has 0 aliphatic heterocycles. The number of nitrogens with zero attached hydrogens (tertiary/aromatic N) is 3. The van der Waals surface area contributed by atoms with Crippen LogP contribution in [0.15, 0.2) is 35.3 Å². The van der Waals surface area contributed by atoms with Gasteiger partial charge in [-0.15, -0.1) is 0 Å². The zero-order chi connectivity index (χ0) is 18.8. The van der Waals surface area contributed by atoms with Crippen molar-refractivity contribution >= 4 is 22.1 Å². The predicted molar refractivity (Wildman–Crippen MR) is 90.4 cm³/mol. The molecular formula is C16H13F2N3O4S. The van der Waals surface area contributed by atoms with Crippen LogP contribution in [0.3, 0.4) is 0 Å². The lowest BCUT2D eigenvalue weighted by Gasteiger charge is -2.12. The van der Waals surface area contributed by atoms with Crippen molar-refractivity contribution in [3.8, 4) is 11.5 Å². The number of ether oxygens (including phenoxy) is 1. The van der Waals surface area contributed by atoms with Gasteiger partial charge in [0.1, 0.15) is 23.0 Å². The van der Waals surface area contributed by atoms with Gasteiger partial charge < -0.3 is 9.29 Å². The van der Waals surface area contributed by atoms with E-state index < -0.39 is 28.3 Å². The first-order chi connectivity index (χ1) is 12.4. The van der Waals surface area contributed by atoms with E-state index in [1.54, 1.807) is 6.92 Å². The van der Waals surface area contributed by atoms with Crippen LogP contribution in [0.2, 0.25) is 0 Å². The highest BCUT2D eigenvalue weighted by Crippen LogP contribution is 2.25. The topological polar surface area (TPSA) is 94.3 Å². The van der Waals surface area contributed by atoms with Crippen molar-refractivity contribution in [2.24, 2.45) is 0 Å². The molecule has 0 saturated carbocycles. The van der Waals surface area contributed by atoms with Crippen LogP contribution in [0.4, 0.5) is 8.78 Å². The molecule has 0 aliphatic carbocycles. The van der Waals surface area contributed by atoms with E-state index in [1.165, 1.54) is 16.8 Å². The van der Waals surface area contributed by atoms with Crippen LogP contribution in [-0.4, -0.2) is 23.3 Å². The first-order valence-corrected chi connectivity index (χ1v) is 8.76. The van der Waals surface area contributed by atoms with Gasteiger partial charge >= 0.3 is 0 Å². The number of hydrogen-bond donors (Lipinski definition) is 1. The van der Waals surface area contributed by atoms with Crippen molar-refractivity contribution < 1.29 is 22.3 Å². The minimum atomic E-state index is -2.12. The standard InChI is InChI=1S/C16H13F2N3O4S/c1-2-21-15-9(7-19-14(20-15)8-26(23)24)5-13(16(21)22)25-12-4-3-10(17)6-11(12)18/h3-7H,2,8H2,1H3,(H,23,24). The van der Waals surface area contributed by atoms with Crippen LogP contribution in [0.1, 0.15) is 12.7 Å². The lowest BCUT2D eigenvalue weighted by molar-refractivity contribution is 0.429. The fourth-order valence-corrected chi connectivity index (χ4v) is 2.75. The summed E-state index contributed by atoms with van der Waals surface area (Å²) in [6, 6.07) is 4.09. The van der Waals surface area contributed by atoms with Gasteiger partial charge in [0.15, 0.2) is 28.4 Å². The average Bonchev–Trinajstić information content (AvgIpc) is 2.58. The SMILES string of the molecule is CCn1c(=O)c(Oc2ccc(F)cc2F)cc2cnc(CS(=O)O)nc21. The molecule has 10 heteroatoms. The minimum Gasteiger partial charge on any atom is -0.448 e. The first kappa shape index (κ1) is 18.1. The normalized spacial score (nSPS) is 12.3. The Morgan fingerprint density at radius 2 is 2.04 bits per heavy atom. The third-order valence-corrected chi connectivity index (χ3v) is 4.03. The van der Waals surface area contributed by atoms with Crippen molar-refractivity contribution in [2.45, 2.75) is 19.2 Å². The van der Waals surface area contributed by atoms with Gasteiger partial charge in [0.25, 0.3) is 5.56 Å². The summed E-state index contributed by atoms with van der Waals surface area (Å²) in [4.78, 5) is 20.7. The number of fused-ring (bicyclic) bond motifs is 1. The van der Waals surface area contributed by atoms with Crippen LogP contribution in [0, 0.1) is 11.6 Å². The molecule has 7 nitrogen and oxygen atoms in total. The van der Waals surface area contributed by atoms with E-state index in [-0.39, 0.29) is 35.3 Å². The Bertz CT molecular complexity index is 1070. The number of pyridine rings is 1. The molecule has 0 bridgehead atoms. The maximum atomic E-state index is 13.8. The number of benzene rings is 1. The van der Waals surface area contributed by atoms with Crippen LogP contribution in [0.5, 0.6) is 11.5 Å². The lowest BCUT2D eigenvalue weighted by atomic mass is 10.3. The van der Waals surface area contributed by atoms with Crippen molar-refractivity contribution in [3.63, 3.8) is 0 Å². The number of rotatable bonds is 5. The highest BCUT2D eigenvalue weighted by atomic mass is 32.2. The Morgan fingerprint density at radius 1 is 1.27 bits per heavy atom. The number of aromatic nitrogens is 3. The average molecular weight is 381 g/mol. The smallest absolute Gasteiger partial charge is 0.295 e. The summed E-state index contributed by atoms with van der Waals surface area (Å²) in [5.74, 6) is -2.33. The largest absolute Gasteiger partial charge is 0.448 e. The Labute approximate surface area is 148 Å². The molecule has 0 saturated heterocycles. The van der Waals surface area contributed by atoms with Crippen LogP contribution in [-0.2, 0) is 23.4 Å². The molecule has 0 aliphatic rings. The van der Waals surface area contributed by atoms with E-state index >= 15 is 0 Å². The van der Waals surface area contributed by atoms with E-state index in [9.17, 15) is 17.8 Å². The lowest BCUT2D eigenvalue weighted by Crippen LogP contribution is -2.22. The van der Waals surface area contributed by atoms with Crippen molar-refractivity contribution in [1.29, 1.82) is 0 Å². The van der Waals surface area contributed by atoms with E-state index in [0.29, 0.717) is 11.5 Å². The molecule has 0 radical (unpaired) electrons. The molecule has 136 valence electrons. The van der Waals surface area contributed by atoms with Gasteiger partial charge in [0.05, 0.1) is 0 Å². The molecule has 1 unspecified atom stereocenters. The van der Waals surface area contributed by atoms with Crippen molar-refractivity contribution in [2.75, 3.05) is 0 Å². The Balaban J connectivity index is 2.11. The summed E-state index contributed by atoms with van der Waals surface area (Å²) >= 11 is -2.12. The Kier molecular flexibility index (Phi) is 5.05. The number of halogens is 2. The molecule has 1 atom stereocenters. The molecule has 1 N–H and O–H groups in total. The molecule has 26 heavy (non-hydrogen) atoms. The van der Waals surface area contributed by atoms with Gasteiger partial charge in [-0.1, -0.05) is 0 Å². The summed E-state index contributed by atoms with van der Waals surface area (Å²) in [6.07, 6.45) is 1.38. The molecule has 0 amide bonds. The van der Waals surface area contributed by atoms with E-state index in [1.807, 2.05) is 0 Å². The number of hydrogen-bond acceptors (Lipinski definition) is 5. The van der Waals surface area contributed by atoms with E-state index in [4.69, 9.17) is 9.29 Å². The summed E-state index contributed by atoms with van der Waals surface area (Å²) in [5, 5.41) is 0.427. The summed E-state index contributed by atoms with van der Waals surface area (Å²) < 4.78 is 53.3. The van der Waals surface area contributed by atoms with Gasteiger partial charge in [0.2, 0.25) is 0 Å². The van der Waals surface area contributed by atoms with Crippen molar-refractivity contribution in [3.05, 3.63) is 58.3 Å². The molecule has 1 aromatic carbocycles. The second-order valence-corrected chi connectivity index (χ2v) is 6.20. The Morgan fingerprint density at radius 3 is 2.69 bits per heavy atom. The predicted octanol–water partition coefficient (Wildman–Crippen LogP) is 2.60. The second-order valence-electron chi connectivity index (χ2n) is 5.27. The third-order valence-electron chi connectivity index (χ3n) is 3.53. The second kappa shape index (κ2) is 7.26. The fourth-order valence-electron chi connectivity index (χ4n) is 2.39. The first-order valence-electron chi connectivity index (χ1n) is 7.49. The highest BCUT2D eigenvalue weighted by molar-refractivity contribution is 7.78. The maximum Gasteiger partial charge on any atom is 0.295 e. The molecule has 0 fully saturated rings. The van der Waals surface area contributed by atoms with E-state index in [0.717, 1.165) is 12.1 Å². The maximum absolute atomic E-state index is 13.8. The Hall–Kier alpha value is -2.72. The molecular weight excluding hydrogens is 368 g/mol. The molecule has 0 spiro atoms. The molecule has 3 rings (SSSR count). The third kappa shape index (κ3) is 3.60. The minimum absolute atomic E-state index is 0.109. The van der Waals surface area contributed by atoms with Gasteiger partial charge in [-0.2, -0.15) is 0 Å². The molecule has 2 heterocycles. The quantitative estimate of drug-likeness (QED) is 0.683. The summed E-state index contributed by atoms with van der Waals surface area (Å²) in [7, 11) is 0. The number of aryl methyl sites for hydroxylation is 1. The van der Waals surface area contributed by atoms with Gasteiger partial charge in [-0.05, 0) is 25.1 Å². The van der Waals surface area contributed by atoms with Crippen LogP contribution in [0.25, 0.3) is 11.0 Å². The highest BCUT2D eigenvalue weighted by Gasteiger charge is 2.15. The van der Waals surface area contributed by atoms with E-state index in [2.05, 4.69) is 9.97 Å². The zero-order valence-corrected chi connectivity index (χ0v) is 14.3. The van der Waals surface area contributed by atoms with Crippen molar-refractivity contribution in [1.82, 2.24) is 14.5 Å². The van der Waals surface area contributed by atoms with Gasteiger partial charge in [-0.25, -0.2) is 23.0 Å². The summed E-state index contributed by atoms with van der Waals surface area (Å²) in [6.45, 7) is 1.94. The monoisotopic (exact) mass is 381 g/mol. The van der Waals surface area contributed by atoms with Crippen LogP contribution < -0.4 is 10.3 Å². The van der Waals surface area contributed by atoms with Crippen LogP contribution >= 0.6 is 0 Å². The zero-order valence-electron chi connectivity index (χ0n) is 13.5. The summed E-state index contributed by atoms with van der Waals surface area (Å²) in [5.41, 5.74) is -0.307. The molecule has 2 aromatic heterocycles. The van der Waals surface area contributed by atoms with Gasteiger partial charge in [0, 0.05) is 24.2 Å². The fraction of sp³-hybridized carbons (Fsp3) is 0.188. The van der Waals surface area contributed by atoms with Gasteiger partial charge in [-0.3, -0.25) is 9.36 Å². The molecule has 3 aromatic rings.